The molecule has 0 spiro atoms. The first-order valence-electron chi connectivity index (χ1n) is 5.91. The van der Waals surface area contributed by atoms with Crippen molar-refractivity contribution in [2.24, 2.45) is 0 Å². The third kappa shape index (κ3) is 4.59. The largest absolute Gasteiger partial charge is 0.480 e. The quantitative estimate of drug-likeness (QED) is 0.565. The van der Waals surface area contributed by atoms with Crippen LogP contribution in [-0.4, -0.2) is 71.5 Å². The van der Waals surface area contributed by atoms with Gasteiger partial charge in [0.05, 0.1) is 18.8 Å². The molecule has 7 nitrogen and oxygen atoms in total. The van der Waals surface area contributed by atoms with E-state index in [9.17, 15) is 9.59 Å². The van der Waals surface area contributed by atoms with Crippen molar-refractivity contribution in [1.29, 1.82) is 0 Å². The Morgan fingerprint density at radius 3 is 2.67 bits per heavy atom. The average molecular weight is 260 g/mol. The summed E-state index contributed by atoms with van der Waals surface area (Å²) in [6.07, 6.45) is -0.372. The molecule has 0 aromatic heterocycles. The van der Waals surface area contributed by atoms with Crippen LogP contribution in [0.15, 0.2) is 0 Å². The van der Waals surface area contributed by atoms with Crippen LogP contribution < -0.4 is 5.32 Å². The van der Waals surface area contributed by atoms with Gasteiger partial charge in [0.2, 0.25) is 5.91 Å². The van der Waals surface area contributed by atoms with E-state index in [1.54, 1.807) is 0 Å². The molecular weight excluding hydrogens is 240 g/mol. The zero-order valence-electron chi connectivity index (χ0n) is 10.6. The van der Waals surface area contributed by atoms with Gasteiger partial charge in [0, 0.05) is 26.6 Å². The molecule has 18 heavy (non-hydrogen) atoms. The van der Waals surface area contributed by atoms with E-state index in [1.807, 2.05) is 11.8 Å². The fourth-order valence-electron chi connectivity index (χ4n) is 2.08. The van der Waals surface area contributed by atoms with Gasteiger partial charge in [0.1, 0.15) is 6.04 Å². The first-order chi connectivity index (χ1) is 8.42. The molecule has 3 N–H and O–H groups in total. The predicted molar refractivity (Wildman–Crippen MR) is 63.1 cm³/mol. The number of carboxylic acid groups (broad SMARTS) is 1. The Kier molecular flexibility index (Phi) is 5.52. The van der Waals surface area contributed by atoms with Crippen molar-refractivity contribution in [3.05, 3.63) is 0 Å². The Morgan fingerprint density at radius 1 is 1.50 bits per heavy atom. The van der Waals surface area contributed by atoms with Gasteiger partial charge in [-0.05, 0) is 6.92 Å². The molecule has 0 aliphatic carbocycles. The van der Waals surface area contributed by atoms with Gasteiger partial charge in [-0.2, -0.15) is 0 Å². The Balaban J connectivity index is 2.57. The van der Waals surface area contributed by atoms with E-state index < -0.39 is 12.0 Å². The summed E-state index contributed by atoms with van der Waals surface area (Å²) in [7, 11) is 0. The summed E-state index contributed by atoms with van der Waals surface area (Å²) >= 11 is 0. The molecule has 104 valence electrons. The number of nitrogens with zero attached hydrogens (tertiary/aromatic N) is 1. The topological polar surface area (TPSA) is 99.1 Å². The molecule has 0 aromatic rings. The summed E-state index contributed by atoms with van der Waals surface area (Å²) in [5.74, 6) is -1.44. The lowest BCUT2D eigenvalue weighted by atomic mass is 10.2. The summed E-state index contributed by atoms with van der Waals surface area (Å²) in [5.41, 5.74) is 0. The maximum atomic E-state index is 11.0. The minimum Gasteiger partial charge on any atom is -0.480 e. The Morgan fingerprint density at radius 2 is 2.17 bits per heavy atom. The van der Waals surface area contributed by atoms with Crippen LogP contribution in [0.1, 0.15) is 13.8 Å². The second kappa shape index (κ2) is 6.67. The summed E-state index contributed by atoms with van der Waals surface area (Å²) < 4.78 is 5.46. The monoisotopic (exact) mass is 260 g/mol. The normalized spacial score (nSPS) is 26.6. The second-order valence-corrected chi connectivity index (χ2v) is 4.56. The van der Waals surface area contributed by atoms with E-state index >= 15 is 0 Å². The third-order valence-electron chi connectivity index (χ3n) is 2.72. The van der Waals surface area contributed by atoms with Gasteiger partial charge < -0.3 is 20.3 Å². The number of carbonyl (C=O) groups excluding carboxylic acids is 1. The number of carboxylic acids is 1. The van der Waals surface area contributed by atoms with Gasteiger partial charge >= 0.3 is 5.97 Å². The van der Waals surface area contributed by atoms with Crippen LogP contribution in [0, 0.1) is 0 Å². The lowest BCUT2D eigenvalue weighted by Gasteiger charge is -2.37. The second-order valence-electron chi connectivity index (χ2n) is 4.56. The zero-order chi connectivity index (χ0) is 13.7. The third-order valence-corrected chi connectivity index (χ3v) is 2.72. The van der Waals surface area contributed by atoms with Crippen LogP contribution in [0.3, 0.4) is 0 Å². The van der Waals surface area contributed by atoms with Crippen LogP contribution >= 0.6 is 0 Å². The maximum Gasteiger partial charge on any atom is 0.327 e. The van der Waals surface area contributed by atoms with Gasteiger partial charge in [-0.15, -0.1) is 0 Å². The smallest absolute Gasteiger partial charge is 0.327 e. The molecular formula is C11H20N2O5. The highest BCUT2D eigenvalue weighted by Gasteiger charge is 2.29. The minimum atomic E-state index is -1.06. The van der Waals surface area contributed by atoms with E-state index in [0.29, 0.717) is 13.1 Å². The number of ether oxygens (including phenoxy) is 1. The highest BCUT2D eigenvalue weighted by Crippen LogP contribution is 2.11. The molecule has 1 aliphatic heterocycles. The van der Waals surface area contributed by atoms with Crippen molar-refractivity contribution in [2.75, 3.05) is 26.2 Å². The van der Waals surface area contributed by atoms with E-state index in [0.717, 1.165) is 0 Å². The molecule has 0 bridgehead atoms. The van der Waals surface area contributed by atoms with E-state index in [2.05, 4.69) is 5.32 Å². The van der Waals surface area contributed by atoms with Crippen molar-refractivity contribution in [3.8, 4) is 0 Å². The van der Waals surface area contributed by atoms with Gasteiger partial charge in [-0.1, -0.05) is 0 Å². The zero-order valence-corrected chi connectivity index (χ0v) is 10.6. The number of aliphatic hydroxyl groups is 1. The molecule has 3 unspecified atom stereocenters. The maximum absolute atomic E-state index is 11.0. The van der Waals surface area contributed by atoms with Gasteiger partial charge in [-0.25, -0.2) is 4.79 Å². The molecule has 0 radical (unpaired) electrons. The first kappa shape index (κ1) is 14.9. The van der Waals surface area contributed by atoms with E-state index in [-0.39, 0.29) is 31.3 Å². The number of hydrogen-bond acceptors (Lipinski definition) is 5. The number of morpholine rings is 1. The van der Waals surface area contributed by atoms with Crippen molar-refractivity contribution in [1.82, 2.24) is 10.2 Å². The summed E-state index contributed by atoms with van der Waals surface area (Å²) in [6.45, 7) is 4.30. The van der Waals surface area contributed by atoms with Gasteiger partial charge in [0.25, 0.3) is 0 Å². The molecule has 1 amide bonds. The molecule has 1 heterocycles. The number of amides is 1. The number of aliphatic carboxylic acids is 1. The van der Waals surface area contributed by atoms with E-state index in [4.69, 9.17) is 14.9 Å². The van der Waals surface area contributed by atoms with Crippen molar-refractivity contribution in [2.45, 2.75) is 32.1 Å². The Bertz CT molecular complexity index is 310. The SMILES string of the molecule is CC(=O)NC(CN1CC(C)OC(CO)C1)C(=O)O. The van der Waals surface area contributed by atoms with Gasteiger partial charge in [-0.3, -0.25) is 9.69 Å². The Hall–Kier alpha value is -1.18. The number of carbonyl (C=O) groups is 2. The average Bonchev–Trinajstić information content (AvgIpc) is 2.26. The molecule has 0 aromatic carbocycles. The van der Waals surface area contributed by atoms with Crippen molar-refractivity contribution < 1.29 is 24.5 Å². The number of hydrogen-bond donors (Lipinski definition) is 3. The summed E-state index contributed by atoms with van der Waals surface area (Å²) in [4.78, 5) is 23.8. The lowest BCUT2D eigenvalue weighted by Crippen LogP contribution is -2.54. The van der Waals surface area contributed by atoms with Crippen molar-refractivity contribution >= 4 is 11.9 Å². The fourth-order valence-corrected chi connectivity index (χ4v) is 2.08. The fraction of sp³-hybridized carbons (Fsp3) is 0.818. The predicted octanol–water partition coefficient (Wildman–Crippen LogP) is -1.34. The standard InChI is InChI=1S/C11H20N2O5/c1-7-3-13(4-9(6-14)18-7)5-10(11(16)17)12-8(2)15/h7,9-10,14H,3-6H2,1-2H3,(H,12,15)(H,16,17). The Labute approximate surface area is 106 Å². The van der Waals surface area contributed by atoms with Crippen LogP contribution in [-0.2, 0) is 14.3 Å². The van der Waals surface area contributed by atoms with Crippen LogP contribution in [0.25, 0.3) is 0 Å². The molecule has 1 rings (SSSR count). The minimum absolute atomic E-state index is 0.0670. The number of nitrogens with one attached hydrogen (secondary N) is 1. The molecule has 1 aliphatic rings. The molecule has 1 saturated heterocycles. The van der Waals surface area contributed by atoms with E-state index in [1.165, 1.54) is 6.92 Å². The van der Waals surface area contributed by atoms with Crippen molar-refractivity contribution in [3.63, 3.8) is 0 Å². The first-order valence-corrected chi connectivity index (χ1v) is 5.91. The lowest BCUT2D eigenvalue weighted by molar-refractivity contribution is -0.144. The van der Waals surface area contributed by atoms with Crippen LogP contribution in [0.2, 0.25) is 0 Å². The summed E-state index contributed by atoms with van der Waals surface area (Å²) in [6, 6.07) is -0.938. The molecule has 7 heteroatoms. The van der Waals surface area contributed by atoms with Gasteiger partial charge in [0.15, 0.2) is 0 Å². The molecule has 3 atom stereocenters. The summed E-state index contributed by atoms with van der Waals surface area (Å²) in [5, 5.41) is 20.5. The van der Waals surface area contributed by atoms with Crippen LogP contribution in [0.5, 0.6) is 0 Å². The van der Waals surface area contributed by atoms with Crippen LogP contribution in [0.4, 0.5) is 0 Å². The number of rotatable bonds is 5. The molecule has 0 saturated carbocycles. The highest BCUT2D eigenvalue weighted by atomic mass is 16.5. The highest BCUT2D eigenvalue weighted by molar-refractivity contribution is 5.82. The molecule has 1 fully saturated rings. The number of aliphatic hydroxyl groups excluding tert-OH is 1.